The van der Waals surface area contributed by atoms with Crippen molar-refractivity contribution in [3.05, 3.63) is 29.3 Å². The molecule has 22 nitrogen and oxygen atoms in total. The van der Waals surface area contributed by atoms with Gasteiger partial charge in [0.1, 0.15) is 42.4 Å². The smallest absolute Gasteiger partial charge is 0.408 e. The number of nitrogens with zero attached hydrogens (tertiary/aromatic N) is 7. The highest BCUT2D eigenvalue weighted by molar-refractivity contribution is 7.47. The van der Waals surface area contributed by atoms with E-state index in [-0.39, 0.29) is 34.1 Å². The van der Waals surface area contributed by atoms with Crippen LogP contribution in [0.2, 0.25) is 18.1 Å². The van der Waals surface area contributed by atoms with Crippen molar-refractivity contribution in [1.82, 2.24) is 39.0 Å². The fourth-order valence-electron chi connectivity index (χ4n) is 5.91. The molecule has 4 aromatic heterocycles. The summed E-state index contributed by atoms with van der Waals surface area (Å²) in [5.41, 5.74) is 11.0. The highest BCUT2D eigenvalue weighted by Crippen LogP contribution is 2.55. The van der Waals surface area contributed by atoms with E-state index < -0.39 is 96.9 Å². The lowest BCUT2D eigenvalue weighted by Crippen LogP contribution is -2.50. The number of aromatic amines is 1. The number of phosphoric ester groups is 2. The molecule has 3 aliphatic heterocycles. The normalized spacial score (nSPS) is 34.9. The Kier molecular flexibility index (Phi) is 9.24. The van der Waals surface area contributed by atoms with E-state index in [2.05, 4.69) is 29.9 Å². The standard InChI is InChI=1S/C26H37FN10O12P2Si/c1-26(2,3)52(4,5)49-17-12-7-44-50(39,40)47-16-11(45-23(13(16)27)36-9-32-14-19(28)30-8-31-20(14)36)6-43-51(41,42)48-18(17)24(46-12)37-10-33-15-21(37)34-25(29)35-22(15)38/h8-13,16-18,23-24H,6-7H2,1-5H3,(H,39,40)(H,41,42)(H2,28,30,31)(H3,29,34,35,38)/t11-,12-,13-,16-,17-,18-,23-,24-/m1/s1. The second-order valence-corrected chi connectivity index (χ2v) is 21.5. The number of ether oxygens (including phenoxy) is 2. The van der Waals surface area contributed by atoms with Gasteiger partial charge in [-0.25, -0.2) is 33.5 Å². The molecule has 0 amide bonds. The fraction of sp³-hybridized carbons (Fsp3) is 0.615. The van der Waals surface area contributed by atoms with Crippen molar-refractivity contribution in [2.24, 2.45) is 0 Å². The summed E-state index contributed by atoms with van der Waals surface area (Å²) in [5, 5.41) is -0.413. The van der Waals surface area contributed by atoms with Gasteiger partial charge >= 0.3 is 15.6 Å². The predicted molar refractivity (Wildman–Crippen MR) is 178 cm³/mol. The lowest BCUT2D eigenvalue weighted by molar-refractivity contribution is -0.0670. The summed E-state index contributed by atoms with van der Waals surface area (Å²) in [7, 11) is -13.1. The number of nitrogen functional groups attached to an aromatic ring is 2. The van der Waals surface area contributed by atoms with Gasteiger partial charge in [0.2, 0.25) is 5.95 Å². The summed E-state index contributed by atoms with van der Waals surface area (Å²) < 4.78 is 86.5. The van der Waals surface area contributed by atoms with Gasteiger partial charge in [-0.05, 0) is 18.1 Å². The number of nitrogens with two attached hydrogens (primary N) is 2. The first kappa shape index (κ1) is 37.1. The number of nitrogens with one attached hydrogen (secondary N) is 1. The van der Waals surface area contributed by atoms with E-state index >= 15 is 4.39 Å². The summed E-state index contributed by atoms with van der Waals surface area (Å²) in [4.78, 5) is 57.3. The third-order valence-electron chi connectivity index (χ3n) is 9.49. The number of rotatable bonds is 4. The van der Waals surface area contributed by atoms with Crippen LogP contribution in [-0.4, -0.2) is 107 Å². The second-order valence-electron chi connectivity index (χ2n) is 13.9. The molecule has 7 heterocycles. The van der Waals surface area contributed by atoms with E-state index in [1.165, 1.54) is 21.8 Å². The van der Waals surface area contributed by atoms with Gasteiger partial charge in [0.05, 0.1) is 25.9 Å². The predicted octanol–water partition coefficient (Wildman–Crippen LogP) is 1.67. The van der Waals surface area contributed by atoms with Crippen molar-refractivity contribution in [3.8, 4) is 0 Å². The van der Waals surface area contributed by atoms with Gasteiger partial charge in [-0.2, -0.15) is 4.98 Å². The fourth-order valence-corrected chi connectivity index (χ4v) is 9.11. The molecule has 284 valence electrons. The summed E-state index contributed by atoms with van der Waals surface area (Å²) in [6.07, 6.45) is -9.23. The Labute approximate surface area is 294 Å². The number of halogens is 1. The van der Waals surface area contributed by atoms with Crippen molar-refractivity contribution >= 4 is 58.1 Å². The molecule has 52 heavy (non-hydrogen) atoms. The largest absolute Gasteiger partial charge is 0.472 e. The van der Waals surface area contributed by atoms with Crippen molar-refractivity contribution in [2.45, 2.75) is 88.1 Å². The summed E-state index contributed by atoms with van der Waals surface area (Å²) >= 11 is 0. The van der Waals surface area contributed by atoms with Gasteiger partial charge in [-0.3, -0.25) is 37.0 Å². The van der Waals surface area contributed by atoms with Crippen LogP contribution in [0.5, 0.6) is 0 Å². The van der Waals surface area contributed by atoms with Crippen LogP contribution in [0, 0.1) is 0 Å². The van der Waals surface area contributed by atoms with Crippen LogP contribution in [0.4, 0.5) is 16.2 Å². The average Bonchev–Trinajstić information content (AvgIpc) is 3.80. The first-order chi connectivity index (χ1) is 24.3. The Balaban J connectivity index is 1.27. The van der Waals surface area contributed by atoms with Crippen LogP contribution in [0.3, 0.4) is 0 Å². The lowest BCUT2D eigenvalue weighted by Gasteiger charge is -2.40. The quantitative estimate of drug-likeness (QED) is 0.145. The van der Waals surface area contributed by atoms with Gasteiger partial charge in [-0.1, -0.05) is 20.8 Å². The molecule has 10 atom stereocenters. The molecule has 3 saturated heterocycles. The third-order valence-corrected chi connectivity index (χ3v) is 15.9. The van der Waals surface area contributed by atoms with Crippen LogP contribution in [0.15, 0.2) is 23.8 Å². The number of hydrogen-bond donors (Lipinski definition) is 5. The minimum atomic E-state index is -5.17. The lowest BCUT2D eigenvalue weighted by atomic mass is 10.1. The van der Waals surface area contributed by atoms with Crippen LogP contribution in [0.25, 0.3) is 22.3 Å². The molecule has 0 spiro atoms. The van der Waals surface area contributed by atoms with E-state index in [1.807, 2.05) is 33.9 Å². The molecular weight excluding hydrogens is 753 g/mol. The Bertz CT molecular complexity index is 2160. The van der Waals surface area contributed by atoms with Crippen LogP contribution in [0.1, 0.15) is 33.2 Å². The van der Waals surface area contributed by atoms with Gasteiger partial charge in [-0.15, -0.1) is 0 Å². The third kappa shape index (κ3) is 6.71. The maximum Gasteiger partial charge on any atom is 0.472 e. The number of fused-ring (bicyclic) bond motifs is 5. The molecule has 2 unspecified atom stereocenters. The minimum Gasteiger partial charge on any atom is -0.408 e. The first-order valence-electron chi connectivity index (χ1n) is 15.8. The molecule has 0 saturated carbocycles. The molecule has 4 aromatic rings. The van der Waals surface area contributed by atoms with Crippen LogP contribution in [-0.2, 0) is 41.1 Å². The number of hydrogen-bond acceptors (Lipinski definition) is 17. The van der Waals surface area contributed by atoms with Crippen molar-refractivity contribution in [3.63, 3.8) is 0 Å². The Morgan fingerprint density at radius 2 is 1.52 bits per heavy atom. The maximum absolute atomic E-state index is 16.2. The number of alkyl halides is 1. The van der Waals surface area contributed by atoms with Crippen LogP contribution < -0.4 is 17.0 Å². The van der Waals surface area contributed by atoms with Crippen molar-refractivity contribution in [1.29, 1.82) is 0 Å². The molecule has 7 rings (SSSR count). The van der Waals surface area contributed by atoms with Gasteiger partial charge in [0.15, 0.2) is 49.6 Å². The Morgan fingerprint density at radius 1 is 0.923 bits per heavy atom. The van der Waals surface area contributed by atoms with E-state index in [0.717, 1.165) is 6.33 Å². The summed E-state index contributed by atoms with van der Waals surface area (Å²) in [5.74, 6) is -0.248. The van der Waals surface area contributed by atoms with Crippen LogP contribution >= 0.6 is 15.6 Å². The Morgan fingerprint density at radius 3 is 2.19 bits per heavy atom. The molecule has 0 aliphatic carbocycles. The molecule has 26 heteroatoms. The van der Waals surface area contributed by atoms with Crippen molar-refractivity contribution < 1.29 is 55.3 Å². The molecule has 2 bridgehead atoms. The zero-order chi connectivity index (χ0) is 37.5. The second kappa shape index (κ2) is 13.0. The summed E-state index contributed by atoms with van der Waals surface area (Å²) in [6.45, 7) is 8.04. The Hall–Kier alpha value is -3.25. The molecular formula is C26H37FN10O12P2Si. The van der Waals surface area contributed by atoms with E-state index in [9.17, 15) is 23.7 Å². The zero-order valence-electron chi connectivity index (χ0n) is 28.3. The molecule has 3 aliphatic rings. The van der Waals surface area contributed by atoms with Gasteiger partial charge in [0.25, 0.3) is 5.56 Å². The highest BCUT2D eigenvalue weighted by atomic mass is 31.2. The van der Waals surface area contributed by atoms with E-state index in [0.29, 0.717) is 0 Å². The number of H-pyrrole nitrogens is 1. The number of anilines is 2. The molecule has 7 N–H and O–H groups in total. The van der Waals surface area contributed by atoms with Gasteiger partial charge < -0.3 is 35.2 Å². The average molecular weight is 791 g/mol. The number of aromatic nitrogens is 8. The maximum atomic E-state index is 16.2. The SMILES string of the molecule is CC(C)(C)[Si](C)(C)O[C@H]1[C@H]2OP(=O)(O)OC[C@H]3O[C@@H](n4cnc5c(N)ncnc54)[C@H](F)[C@@H]3OP(=O)(O)OC[C@H]1O[C@H]2n1cnc2c(=O)[nH]c(N)nc21. The monoisotopic (exact) mass is 790 g/mol. The first-order valence-corrected chi connectivity index (χ1v) is 21.7. The van der Waals surface area contributed by atoms with Gasteiger partial charge in [0, 0.05) is 0 Å². The molecule has 3 fully saturated rings. The molecule has 0 aromatic carbocycles. The summed E-state index contributed by atoms with van der Waals surface area (Å²) in [6, 6.07) is 0. The number of phosphoric acid groups is 2. The minimum absolute atomic E-state index is 0.00616. The topological polar surface area (TPSA) is 298 Å². The van der Waals surface area contributed by atoms with E-state index in [1.54, 1.807) is 0 Å². The van der Waals surface area contributed by atoms with Crippen molar-refractivity contribution in [2.75, 3.05) is 24.7 Å². The zero-order valence-corrected chi connectivity index (χ0v) is 31.1. The number of imidazole rings is 2. The highest BCUT2D eigenvalue weighted by Gasteiger charge is 2.56. The van der Waals surface area contributed by atoms with E-state index in [4.69, 9.17) is 43.5 Å². The molecule has 0 radical (unpaired) electrons.